The number of hydrogen-bond donors (Lipinski definition) is 1. The van der Waals surface area contributed by atoms with Crippen molar-refractivity contribution in [1.82, 2.24) is 9.55 Å². The number of aromatic nitrogens is 2. The highest BCUT2D eigenvalue weighted by molar-refractivity contribution is 5.46. The summed E-state index contributed by atoms with van der Waals surface area (Å²) in [6, 6.07) is 7.97. The van der Waals surface area contributed by atoms with Crippen LogP contribution >= 0.6 is 0 Å². The molecular weight excluding hydrogens is 210 g/mol. The Balaban J connectivity index is 2.02. The summed E-state index contributed by atoms with van der Waals surface area (Å²) in [5.41, 5.74) is 8.91. The van der Waals surface area contributed by atoms with Gasteiger partial charge in [-0.2, -0.15) is 0 Å². The van der Waals surface area contributed by atoms with Gasteiger partial charge >= 0.3 is 0 Å². The van der Waals surface area contributed by atoms with Crippen molar-refractivity contribution in [3.05, 3.63) is 42.0 Å². The smallest absolute Gasteiger partial charge is 0.113 e. The average molecular weight is 227 g/mol. The minimum atomic E-state index is 0.704. The van der Waals surface area contributed by atoms with Crippen LogP contribution in [0.4, 0.5) is 5.69 Å². The van der Waals surface area contributed by atoms with Crippen molar-refractivity contribution in [2.24, 2.45) is 0 Å². The molecule has 0 atom stereocenters. The van der Waals surface area contributed by atoms with Gasteiger partial charge in [0, 0.05) is 29.9 Å². The molecule has 2 N–H and O–H groups in total. The lowest BCUT2D eigenvalue weighted by atomic mass is 10.2. The lowest BCUT2D eigenvalue weighted by Crippen LogP contribution is -1.98. The molecule has 0 aliphatic heterocycles. The second kappa shape index (κ2) is 3.91. The van der Waals surface area contributed by atoms with E-state index in [1.54, 1.807) is 0 Å². The standard InChI is InChI=1S/C14H17N3/c1-2-14-16-13(10-3-4-10)9-17(14)12-7-5-11(15)6-8-12/h5-10H,2-4,15H2,1H3. The second-order valence-electron chi connectivity index (χ2n) is 4.67. The fourth-order valence-corrected chi connectivity index (χ4v) is 2.12. The summed E-state index contributed by atoms with van der Waals surface area (Å²) < 4.78 is 2.19. The van der Waals surface area contributed by atoms with Gasteiger partial charge in [0.1, 0.15) is 5.82 Å². The Hall–Kier alpha value is -1.77. The zero-order valence-corrected chi connectivity index (χ0v) is 10.1. The van der Waals surface area contributed by atoms with E-state index in [1.165, 1.54) is 18.5 Å². The third-order valence-corrected chi connectivity index (χ3v) is 3.28. The molecule has 1 aromatic carbocycles. The van der Waals surface area contributed by atoms with Gasteiger partial charge in [0.25, 0.3) is 0 Å². The monoisotopic (exact) mass is 227 g/mol. The molecule has 0 saturated heterocycles. The number of nitrogens with zero attached hydrogens (tertiary/aromatic N) is 2. The van der Waals surface area contributed by atoms with E-state index in [1.807, 2.05) is 24.3 Å². The highest BCUT2D eigenvalue weighted by Gasteiger charge is 2.27. The van der Waals surface area contributed by atoms with Crippen molar-refractivity contribution >= 4 is 5.69 Å². The SMILES string of the molecule is CCc1nc(C2CC2)cn1-c1ccc(N)cc1. The topological polar surface area (TPSA) is 43.8 Å². The van der Waals surface area contributed by atoms with Crippen LogP contribution in [0.1, 0.15) is 37.2 Å². The molecule has 1 heterocycles. The highest BCUT2D eigenvalue weighted by Crippen LogP contribution is 2.39. The van der Waals surface area contributed by atoms with E-state index in [2.05, 4.69) is 17.7 Å². The average Bonchev–Trinajstić information content (AvgIpc) is 3.10. The molecule has 88 valence electrons. The van der Waals surface area contributed by atoms with E-state index in [0.29, 0.717) is 5.92 Å². The van der Waals surface area contributed by atoms with Crippen LogP contribution in [-0.2, 0) is 6.42 Å². The number of hydrogen-bond acceptors (Lipinski definition) is 2. The number of aryl methyl sites for hydroxylation is 1. The lowest BCUT2D eigenvalue weighted by Gasteiger charge is -2.06. The van der Waals surface area contributed by atoms with E-state index < -0.39 is 0 Å². The van der Waals surface area contributed by atoms with Crippen molar-refractivity contribution < 1.29 is 0 Å². The molecule has 1 fully saturated rings. The number of rotatable bonds is 3. The third-order valence-electron chi connectivity index (χ3n) is 3.28. The van der Waals surface area contributed by atoms with Crippen molar-refractivity contribution in [1.29, 1.82) is 0 Å². The van der Waals surface area contributed by atoms with Gasteiger partial charge in [-0.05, 0) is 37.1 Å². The second-order valence-corrected chi connectivity index (χ2v) is 4.67. The maximum atomic E-state index is 5.71. The number of nitrogens with two attached hydrogens (primary N) is 1. The summed E-state index contributed by atoms with van der Waals surface area (Å²) in [6.07, 6.45) is 5.73. The Bertz CT molecular complexity index is 521. The van der Waals surface area contributed by atoms with Crippen molar-refractivity contribution in [3.8, 4) is 5.69 Å². The van der Waals surface area contributed by atoms with Gasteiger partial charge in [-0.3, -0.25) is 0 Å². The highest BCUT2D eigenvalue weighted by atomic mass is 15.1. The third kappa shape index (κ3) is 1.93. The molecule has 2 aromatic rings. The summed E-state index contributed by atoms with van der Waals surface area (Å²) >= 11 is 0. The van der Waals surface area contributed by atoms with Gasteiger partial charge < -0.3 is 10.3 Å². The Kier molecular flexibility index (Phi) is 2.39. The van der Waals surface area contributed by atoms with Crippen molar-refractivity contribution in [2.75, 3.05) is 5.73 Å². The lowest BCUT2D eigenvalue weighted by molar-refractivity contribution is 0.887. The first kappa shape index (κ1) is 10.4. The molecule has 0 bridgehead atoms. The zero-order chi connectivity index (χ0) is 11.8. The van der Waals surface area contributed by atoms with Crippen molar-refractivity contribution in [2.45, 2.75) is 32.1 Å². The molecule has 0 amide bonds. The number of imidazole rings is 1. The minimum absolute atomic E-state index is 0.704. The van der Waals surface area contributed by atoms with E-state index in [9.17, 15) is 0 Å². The molecule has 0 radical (unpaired) electrons. The fraction of sp³-hybridized carbons (Fsp3) is 0.357. The van der Waals surface area contributed by atoms with Crippen LogP contribution in [0.2, 0.25) is 0 Å². The van der Waals surface area contributed by atoms with E-state index in [-0.39, 0.29) is 0 Å². The first-order valence-corrected chi connectivity index (χ1v) is 6.22. The molecule has 0 unspecified atom stereocenters. The largest absolute Gasteiger partial charge is 0.399 e. The predicted octanol–water partition coefficient (Wildman–Crippen LogP) is 2.89. The maximum absolute atomic E-state index is 5.71. The molecule has 3 rings (SSSR count). The summed E-state index contributed by atoms with van der Waals surface area (Å²) in [6.45, 7) is 2.15. The molecular formula is C14H17N3. The zero-order valence-electron chi connectivity index (χ0n) is 10.1. The van der Waals surface area contributed by atoms with Crippen LogP contribution in [0.3, 0.4) is 0 Å². The van der Waals surface area contributed by atoms with Crippen LogP contribution < -0.4 is 5.73 Å². The summed E-state index contributed by atoms with van der Waals surface area (Å²) in [5.74, 6) is 1.84. The summed E-state index contributed by atoms with van der Waals surface area (Å²) in [5, 5.41) is 0. The summed E-state index contributed by atoms with van der Waals surface area (Å²) in [4.78, 5) is 4.72. The van der Waals surface area contributed by atoms with Gasteiger partial charge in [0.05, 0.1) is 5.69 Å². The van der Waals surface area contributed by atoms with Gasteiger partial charge in [-0.25, -0.2) is 4.98 Å². The van der Waals surface area contributed by atoms with Gasteiger partial charge in [-0.1, -0.05) is 6.92 Å². The van der Waals surface area contributed by atoms with E-state index in [4.69, 9.17) is 10.7 Å². The van der Waals surface area contributed by atoms with Crippen LogP contribution in [0, 0.1) is 0 Å². The maximum Gasteiger partial charge on any atom is 0.113 e. The molecule has 3 heteroatoms. The van der Waals surface area contributed by atoms with Crippen molar-refractivity contribution in [3.63, 3.8) is 0 Å². The number of nitrogen functional groups attached to an aromatic ring is 1. The van der Waals surface area contributed by atoms with E-state index >= 15 is 0 Å². The summed E-state index contributed by atoms with van der Waals surface area (Å²) in [7, 11) is 0. The molecule has 1 aliphatic rings. The molecule has 1 aliphatic carbocycles. The van der Waals surface area contributed by atoms with Crippen LogP contribution in [0.25, 0.3) is 5.69 Å². The van der Waals surface area contributed by atoms with Gasteiger partial charge in [-0.15, -0.1) is 0 Å². The predicted molar refractivity (Wildman–Crippen MR) is 69.3 cm³/mol. The number of anilines is 1. The van der Waals surface area contributed by atoms with Crippen LogP contribution in [-0.4, -0.2) is 9.55 Å². The van der Waals surface area contributed by atoms with E-state index in [0.717, 1.165) is 23.6 Å². The van der Waals surface area contributed by atoms with Gasteiger partial charge in [0.2, 0.25) is 0 Å². The Labute approximate surface area is 101 Å². The first-order chi connectivity index (χ1) is 8.28. The normalized spacial score (nSPS) is 15.1. The number of benzene rings is 1. The first-order valence-electron chi connectivity index (χ1n) is 6.22. The Morgan fingerprint density at radius 1 is 1.29 bits per heavy atom. The molecule has 1 saturated carbocycles. The molecule has 17 heavy (non-hydrogen) atoms. The fourth-order valence-electron chi connectivity index (χ4n) is 2.12. The Morgan fingerprint density at radius 3 is 2.59 bits per heavy atom. The van der Waals surface area contributed by atoms with Gasteiger partial charge in [0.15, 0.2) is 0 Å². The molecule has 0 spiro atoms. The van der Waals surface area contributed by atoms with Crippen LogP contribution in [0.5, 0.6) is 0 Å². The molecule has 1 aromatic heterocycles. The quantitative estimate of drug-likeness (QED) is 0.819. The Morgan fingerprint density at radius 2 is 2.00 bits per heavy atom. The molecule has 3 nitrogen and oxygen atoms in total. The minimum Gasteiger partial charge on any atom is -0.399 e. The van der Waals surface area contributed by atoms with Crippen LogP contribution in [0.15, 0.2) is 30.5 Å².